The van der Waals surface area contributed by atoms with Gasteiger partial charge in [-0.05, 0) is 79.1 Å². The molecule has 0 aliphatic carbocycles. The lowest BCUT2D eigenvalue weighted by atomic mass is 9.83. The predicted octanol–water partition coefficient (Wildman–Crippen LogP) is 7.92. The summed E-state index contributed by atoms with van der Waals surface area (Å²) in [4.78, 5) is 16.1. The Bertz CT molecular complexity index is 1220. The zero-order chi connectivity index (χ0) is 25.5. The molecule has 3 aromatic rings. The summed E-state index contributed by atoms with van der Waals surface area (Å²) in [7, 11) is 0. The van der Waals surface area contributed by atoms with E-state index in [2.05, 4.69) is 115 Å². The van der Waals surface area contributed by atoms with E-state index in [0.29, 0.717) is 6.54 Å². The van der Waals surface area contributed by atoms with E-state index in [9.17, 15) is 4.79 Å². The number of para-hydroxylation sites is 1. The Balaban J connectivity index is 1.84. The number of nitrogens with zero attached hydrogens (tertiary/aromatic N) is 1. The topological polar surface area (TPSA) is 29.5 Å². The molecule has 0 N–H and O–H groups in total. The van der Waals surface area contributed by atoms with Gasteiger partial charge in [0.05, 0.1) is 0 Å². The van der Waals surface area contributed by atoms with Gasteiger partial charge in [-0.1, -0.05) is 85.2 Å². The molecule has 0 saturated carbocycles. The van der Waals surface area contributed by atoms with Crippen LogP contribution >= 0.6 is 15.9 Å². The van der Waals surface area contributed by atoms with E-state index < -0.39 is 11.6 Å². The highest BCUT2D eigenvalue weighted by Gasteiger charge is 2.45. The van der Waals surface area contributed by atoms with Crippen LogP contribution in [0.1, 0.15) is 75.3 Å². The van der Waals surface area contributed by atoms with Crippen LogP contribution in [0.2, 0.25) is 0 Å². The van der Waals surface area contributed by atoms with E-state index in [-0.39, 0.29) is 17.3 Å². The van der Waals surface area contributed by atoms with Crippen molar-refractivity contribution >= 4 is 27.6 Å². The highest BCUT2D eigenvalue weighted by Crippen LogP contribution is 2.46. The third-order valence-corrected chi connectivity index (χ3v) is 7.16. The molecule has 184 valence electrons. The number of fused-ring (bicyclic) bond motifs is 1. The fourth-order valence-electron chi connectivity index (χ4n) is 4.87. The second-order valence-corrected chi connectivity index (χ2v) is 12.5. The number of hydrogen-bond acceptors (Lipinski definition) is 3. The minimum atomic E-state index is -0.566. The molecule has 35 heavy (non-hydrogen) atoms. The van der Waals surface area contributed by atoms with E-state index in [0.717, 1.165) is 15.7 Å². The lowest BCUT2D eigenvalue weighted by molar-refractivity contribution is -0.156. The second-order valence-electron chi connectivity index (χ2n) is 11.6. The maximum absolute atomic E-state index is 13.8. The van der Waals surface area contributed by atoms with E-state index in [4.69, 9.17) is 4.74 Å². The molecule has 0 bridgehead atoms. The zero-order valence-electron chi connectivity index (χ0n) is 21.9. The molecule has 0 fully saturated rings. The number of anilines is 1. The maximum atomic E-state index is 13.8. The zero-order valence-corrected chi connectivity index (χ0v) is 23.4. The molecule has 1 aliphatic rings. The van der Waals surface area contributed by atoms with Crippen molar-refractivity contribution in [3.63, 3.8) is 0 Å². The number of hydrogen-bond donors (Lipinski definition) is 0. The van der Waals surface area contributed by atoms with Gasteiger partial charge in [-0.25, -0.2) is 4.79 Å². The Morgan fingerprint density at radius 2 is 1.60 bits per heavy atom. The van der Waals surface area contributed by atoms with Crippen molar-refractivity contribution in [2.45, 2.75) is 78.0 Å². The Morgan fingerprint density at radius 1 is 0.943 bits per heavy atom. The van der Waals surface area contributed by atoms with Crippen LogP contribution < -0.4 is 4.90 Å². The van der Waals surface area contributed by atoms with Crippen LogP contribution in [0.15, 0.2) is 71.2 Å². The summed E-state index contributed by atoms with van der Waals surface area (Å²) in [6, 6.07) is 23.0. The molecule has 2 unspecified atom stereocenters. The SMILES string of the molecule is Cc1ccc(Br)cc1CN1c2ccccc2C(c2ccc(C(C)(C)C)cc2)C1C(=O)OC(C)(C)C. The summed E-state index contributed by atoms with van der Waals surface area (Å²) in [6.07, 6.45) is 0. The summed E-state index contributed by atoms with van der Waals surface area (Å²) >= 11 is 3.62. The fourth-order valence-corrected chi connectivity index (χ4v) is 5.28. The van der Waals surface area contributed by atoms with Crippen molar-refractivity contribution in [1.82, 2.24) is 0 Å². The van der Waals surface area contributed by atoms with Crippen LogP contribution in [0.4, 0.5) is 5.69 Å². The molecular formula is C31H36BrNO2. The van der Waals surface area contributed by atoms with Crippen molar-refractivity contribution < 1.29 is 9.53 Å². The smallest absolute Gasteiger partial charge is 0.330 e. The van der Waals surface area contributed by atoms with Gasteiger partial charge in [0.15, 0.2) is 0 Å². The van der Waals surface area contributed by atoms with E-state index >= 15 is 0 Å². The number of benzene rings is 3. The molecule has 4 rings (SSSR count). The van der Waals surface area contributed by atoms with Crippen molar-refractivity contribution in [2.75, 3.05) is 4.90 Å². The largest absolute Gasteiger partial charge is 0.458 e. The first kappa shape index (κ1) is 25.5. The molecule has 1 heterocycles. The number of esters is 1. The predicted molar refractivity (Wildman–Crippen MR) is 148 cm³/mol. The number of ether oxygens (including phenoxy) is 1. The average molecular weight is 535 g/mol. The Kier molecular flexibility index (Phi) is 6.89. The van der Waals surface area contributed by atoms with Gasteiger partial charge in [0, 0.05) is 22.6 Å². The average Bonchev–Trinajstić information content (AvgIpc) is 3.09. The van der Waals surface area contributed by atoms with Gasteiger partial charge in [-0.2, -0.15) is 0 Å². The molecule has 0 saturated heterocycles. The molecule has 3 nitrogen and oxygen atoms in total. The highest BCUT2D eigenvalue weighted by atomic mass is 79.9. The monoisotopic (exact) mass is 533 g/mol. The highest BCUT2D eigenvalue weighted by molar-refractivity contribution is 9.10. The van der Waals surface area contributed by atoms with Gasteiger partial charge in [-0.15, -0.1) is 0 Å². The van der Waals surface area contributed by atoms with Crippen LogP contribution in [0.5, 0.6) is 0 Å². The van der Waals surface area contributed by atoms with Gasteiger partial charge in [0.2, 0.25) is 0 Å². The van der Waals surface area contributed by atoms with Crippen LogP contribution in [-0.4, -0.2) is 17.6 Å². The third-order valence-electron chi connectivity index (χ3n) is 6.67. The molecule has 4 heteroatoms. The van der Waals surface area contributed by atoms with Gasteiger partial charge in [0.25, 0.3) is 0 Å². The summed E-state index contributed by atoms with van der Waals surface area (Å²) in [5.41, 5.74) is 6.56. The standard InChI is InChI=1S/C31H36BrNO2/c1-20-12-17-24(32)18-22(20)19-33-26-11-9-8-10-25(26)27(28(33)29(34)35-31(5,6)7)21-13-15-23(16-14-21)30(2,3)4/h8-18,27-28H,19H2,1-7H3. The quantitative estimate of drug-likeness (QED) is 0.319. The number of carbonyl (C=O) groups is 1. The molecular weight excluding hydrogens is 498 g/mol. The first-order valence-corrected chi connectivity index (χ1v) is 13.1. The summed E-state index contributed by atoms with van der Waals surface area (Å²) in [5.74, 6) is -0.297. The van der Waals surface area contributed by atoms with Crippen molar-refractivity contribution in [2.24, 2.45) is 0 Å². The van der Waals surface area contributed by atoms with Crippen molar-refractivity contribution in [3.8, 4) is 0 Å². The van der Waals surface area contributed by atoms with Crippen molar-refractivity contribution in [1.29, 1.82) is 0 Å². The van der Waals surface area contributed by atoms with Crippen LogP contribution in [-0.2, 0) is 21.5 Å². The molecule has 0 amide bonds. The molecule has 2 atom stereocenters. The summed E-state index contributed by atoms with van der Waals surface area (Å²) in [5, 5.41) is 0. The molecule has 0 aromatic heterocycles. The Labute approximate surface area is 218 Å². The van der Waals surface area contributed by atoms with E-state index in [1.807, 2.05) is 20.8 Å². The van der Waals surface area contributed by atoms with Gasteiger partial charge in [0.1, 0.15) is 11.6 Å². The Morgan fingerprint density at radius 3 is 2.23 bits per heavy atom. The lowest BCUT2D eigenvalue weighted by Crippen LogP contribution is -2.44. The first-order chi connectivity index (χ1) is 16.3. The van der Waals surface area contributed by atoms with Crippen LogP contribution in [0.25, 0.3) is 0 Å². The van der Waals surface area contributed by atoms with Crippen LogP contribution in [0.3, 0.4) is 0 Å². The fraction of sp³-hybridized carbons (Fsp3) is 0.387. The normalized spacial score (nSPS) is 17.9. The molecule has 0 radical (unpaired) electrons. The van der Waals surface area contributed by atoms with Crippen molar-refractivity contribution in [3.05, 3.63) is 99.0 Å². The number of halogens is 1. The number of aryl methyl sites for hydroxylation is 1. The second kappa shape index (κ2) is 9.46. The number of carbonyl (C=O) groups excluding carboxylic acids is 1. The van der Waals surface area contributed by atoms with Gasteiger partial charge in [-0.3, -0.25) is 0 Å². The minimum absolute atomic E-state index is 0.0704. The summed E-state index contributed by atoms with van der Waals surface area (Å²) < 4.78 is 7.05. The number of rotatable bonds is 4. The maximum Gasteiger partial charge on any atom is 0.330 e. The minimum Gasteiger partial charge on any atom is -0.458 e. The molecule has 0 spiro atoms. The molecule has 1 aliphatic heterocycles. The van der Waals surface area contributed by atoms with Crippen LogP contribution in [0, 0.1) is 6.92 Å². The Hall–Kier alpha value is -2.59. The first-order valence-electron chi connectivity index (χ1n) is 12.3. The molecule has 3 aromatic carbocycles. The van der Waals surface area contributed by atoms with Gasteiger partial charge >= 0.3 is 5.97 Å². The van der Waals surface area contributed by atoms with E-state index in [1.54, 1.807) is 0 Å². The van der Waals surface area contributed by atoms with Gasteiger partial charge < -0.3 is 9.64 Å². The lowest BCUT2D eigenvalue weighted by Gasteiger charge is -2.32. The third kappa shape index (κ3) is 5.48. The summed E-state index contributed by atoms with van der Waals surface area (Å²) in [6.45, 7) is 15.2. The van der Waals surface area contributed by atoms with E-state index in [1.165, 1.54) is 22.3 Å².